The van der Waals surface area contributed by atoms with Crippen molar-refractivity contribution in [3.05, 3.63) is 58.0 Å². The molecule has 0 aliphatic carbocycles. The summed E-state index contributed by atoms with van der Waals surface area (Å²) in [5.74, 6) is 0.478. The first-order valence-corrected chi connectivity index (χ1v) is 6.34. The fourth-order valence-electron chi connectivity index (χ4n) is 1.82. The van der Waals surface area contributed by atoms with E-state index in [1.165, 1.54) is 17.7 Å². The molecule has 0 fully saturated rings. The second kappa shape index (κ2) is 6.14. The Morgan fingerprint density at radius 3 is 2.80 bits per heavy atom. The smallest absolute Gasteiger partial charge is 0.267 e. The number of rotatable bonds is 5. The van der Waals surface area contributed by atoms with E-state index in [-0.39, 0.29) is 17.9 Å². The molecule has 0 unspecified atom stereocenters. The van der Waals surface area contributed by atoms with Gasteiger partial charge >= 0.3 is 0 Å². The van der Waals surface area contributed by atoms with Crippen molar-refractivity contribution < 1.29 is 9.53 Å². The number of aromatic nitrogens is 2. The summed E-state index contributed by atoms with van der Waals surface area (Å²) in [6.07, 6.45) is 1.63. The van der Waals surface area contributed by atoms with Crippen LogP contribution in [0.4, 0.5) is 0 Å². The van der Waals surface area contributed by atoms with Crippen LogP contribution in [0.3, 0.4) is 0 Å². The van der Waals surface area contributed by atoms with Crippen molar-refractivity contribution in [3.63, 3.8) is 0 Å². The van der Waals surface area contributed by atoms with E-state index in [4.69, 9.17) is 4.74 Å². The molecule has 0 radical (unpaired) electrons. The predicted octanol–water partition coefficient (Wildman–Crippen LogP) is 1.83. The fourth-order valence-corrected chi connectivity index (χ4v) is 1.82. The molecule has 2 aromatic rings. The van der Waals surface area contributed by atoms with E-state index in [0.29, 0.717) is 17.9 Å². The molecule has 0 bridgehead atoms. The van der Waals surface area contributed by atoms with Crippen LogP contribution in [0.25, 0.3) is 0 Å². The third-order valence-electron chi connectivity index (χ3n) is 2.83. The van der Waals surface area contributed by atoms with Gasteiger partial charge in [0, 0.05) is 6.07 Å². The van der Waals surface area contributed by atoms with Gasteiger partial charge in [-0.25, -0.2) is 4.68 Å². The highest BCUT2D eigenvalue weighted by Gasteiger charge is 2.07. The number of aryl methyl sites for hydroxylation is 1. The lowest BCUT2D eigenvalue weighted by Crippen LogP contribution is -2.25. The lowest BCUT2D eigenvalue weighted by atomic mass is 10.1. The molecule has 0 saturated heterocycles. The van der Waals surface area contributed by atoms with Gasteiger partial charge in [-0.15, -0.1) is 0 Å². The minimum Gasteiger partial charge on any atom is -0.491 e. The molecule has 0 amide bonds. The summed E-state index contributed by atoms with van der Waals surface area (Å²) >= 11 is 0. The summed E-state index contributed by atoms with van der Waals surface area (Å²) in [5.41, 5.74) is 1.21. The van der Waals surface area contributed by atoms with Crippen LogP contribution < -0.4 is 10.3 Å². The molecule has 1 heterocycles. The standard InChI is InChI=1S/C15H16N2O3/c1-11-9-15(19)17(16-10-11)7-8-20-14-6-4-3-5-13(14)12(2)18/h3-6,9-10H,7-8H2,1-2H3. The number of nitrogens with zero attached hydrogens (tertiary/aromatic N) is 2. The Morgan fingerprint density at radius 2 is 2.10 bits per heavy atom. The second-order valence-corrected chi connectivity index (χ2v) is 4.50. The van der Waals surface area contributed by atoms with Crippen LogP contribution in [0.15, 0.2) is 41.3 Å². The molecule has 0 spiro atoms. The van der Waals surface area contributed by atoms with Crippen molar-refractivity contribution in [2.24, 2.45) is 0 Å². The monoisotopic (exact) mass is 272 g/mol. The topological polar surface area (TPSA) is 61.2 Å². The number of hydrogen-bond donors (Lipinski definition) is 0. The Kier molecular flexibility index (Phi) is 4.30. The van der Waals surface area contributed by atoms with Gasteiger partial charge in [-0.2, -0.15) is 5.10 Å². The molecule has 104 valence electrons. The van der Waals surface area contributed by atoms with Crippen molar-refractivity contribution in [2.45, 2.75) is 20.4 Å². The van der Waals surface area contributed by atoms with Gasteiger partial charge in [0.1, 0.15) is 12.4 Å². The molecule has 1 aromatic heterocycles. The van der Waals surface area contributed by atoms with Crippen LogP contribution in [-0.4, -0.2) is 22.2 Å². The molecule has 0 aliphatic rings. The van der Waals surface area contributed by atoms with Crippen molar-refractivity contribution in [2.75, 3.05) is 6.61 Å². The minimum atomic E-state index is -0.159. The van der Waals surface area contributed by atoms with Gasteiger partial charge in [-0.3, -0.25) is 9.59 Å². The molecule has 5 nitrogen and oxygen atoms in total. The van der Waals surface area contributed by atoms with E-state index in [9.17, 15) is 9.59 Å². The molecule has 0 aliphatic heterocycles. The van der Waals surface area contributed by atoms with Crippen LogP contribution in [0.1, 0.15) is 22.8 Å². The lowest BCUT2D eigenvalue weighted by Gasteiger charge is -2.10. The largest absolute Gasteiger partial charge is 0.491 e. The van der Waals surface area contributed by atoms with Gasteiger partial charge in [-0.1, -0.05) is 12.1 Å². The molecule has 0 saturated carbocycles. The maximum atomic E-state index is 11.6. The number of para-hydroxylation sites is 1. The van der Waals surface area contributed by atoms with Gasteiger partial charge in [0.25, 0.3) is 5.56 Å². The zero-order valence-electron chi connectivity index (χ0n) is 11.5. The summed E-state index contributed by atoms with van der Waals surface area (Å²) in [4.78, 5) is 23.1. The number of carbonyl (C=O) groups excluding carboxylic acids is 1. The average molecular weight is 272 g/mol. The Hall–Kier alpha value is -2.43. The highest BCUT2D eigenvalue weighted by Crippen LogP contribution is 2.18. The third kappa shape index (κ3) is 3.32. The van der Waals surface area contributed by atoms with E-state index in [1.807, 2.05) is 6.92 Å². The highest BCUT2D eigenvalue weighted by atomic mass is 16.5. The molecule has 20 heavy (non-hydrogen) atoms. The molecule has 2 rings (SSSR count). The number of Topliss-reactive ketones (excluding diaryl/α,β-unsaturated/α-hetero) is 1. The quantitative estimate of drug-likeness (QED) is 0.779. The molecule has 5 heteroatoms. The van der Waals surface area contributed by atoms with E-state index >= 15 is 0 Å². The lowest BCUT2D eigenvalue weighted by molar-refractivity contribution is 0.101. The van der Waals surface area contributed by atoms with E-state index in [1.54, 1.807) is 30.5 Å². The van der Waals surface area contributed by atoms with Crippen LogP contribution >= 0.6 is 0 Å². The summed E-state index contributed by atoms with van der Waals surface area (Å²) in [5, 5.41) is 4.02. The molecule has 1 aromatic carbocycles. The SMILES string of the molecule is CC(=O)c1ccccc1OCCn1ncc(C)cc1=O. The minimum absolute atomic E-state index is 0.0498. The van der Waals surface area contributed by atoms with Gasteiger partial charge in [0.2, 0.25) is 0 Å². The number of ether oxygens (including phenoxy) is 1. The second-order valence-electron chi connectivity index (χ2n) is 4.50. The zero-order chi connectivity index (χ0) is 14.5. The molecular formula is C15H16N2O3. The Labute approximate surface area is 116 Å². The summed E-state index contributed by atoms with van der Waals surface area (Å²) in [6, 6.07) is 8.57. The van der Waals surface area contributed by atoms with Crippen molar-refractivity contribution >= 4 is 5.78 Å². The summed E-state index contributed by atoms with van der Waals surface area (Å²) in [6.45, 7) is 3.93. The number of hydrogen-bond acceptors (Lipinski definition) is 4. The van der Waals surface area contributed by atoms with E-state index < -0.39 is 0 Å². The number of carbonyl (C=O) groups is 1. The summed E-state index contributed by atoms with van der Waals surface area (Å²) in [7, 11) is 0. The number of ketones is 1. The van der Waals surface area contributed by atoms with Gasteiger partial charge < -0.3 is 4.74 Å². The molecule has 0 atom stereocenters. The highest BCUT2D eigenvalue weighted by molar-refractivity contribution is 5.96. The number of benzene rings is 1. The average Bonchev–Trinajstić information content (AvgIpc) is 2.41. The first-order chi connectivity index (χ1) is 9.58. The van der Waals surface area contributed by atoms with Crippen LogP contribution in [0.5, 0.6) is 5.75 Å². The predicted molar refractivity (Wildman–Crippen MR) is 75.2 cm³/mol. The maximum Gasteiger partial charge on any atom is 0.267 e. The van der Waals surface area contributed by atoms with Crippen LogP contribution in [0.2, 0.25) is 0 Å². The van der Waals surface area contributed by atoms with Crippen molar-refractivity contribution in [1.29, 1.82) is 0 Å². The maximum absolute atomic E-state index is 11.6. The van der Waals surface area contributed by atoms with Gasteiger partial charge in [-0.05, 0) is 31.5 Å². The van der Waals surface area contributed by atoms with Crippen molar-refractivity contribution in [3.8, 4) is 5.75 Å². The summed E-state index contributed by atoms with van der Waals surface area (Å²) < 4.78 is 6.90. The fraction of sp³-hybridized carbons (Fsp3) is 0.267. The van der Waals surface area contributed by atoms with Crippen molar-refractivity contribution in [1.82, 2.24) is 9.78 Å². The molecular weight excluding hydrogens is 256 g/mol. The normalized spacial score (nSPS) is 10.3. The first-order valence-electron chi connectivity index (χ1n) is 6.34. The van der Waals surface area contributed by atoms with Crippen LogP contribution in [0, 0.1) is 6.92 Å². The van der Waals surface area contributed by atoms with Gasteiger partial charge in [0.15, 0.2) is 5.78 Å². The Balaban J connectivity index is 2.03. The third-order valence-corrected chi connectivity index (χ3v) is 2.83. The Bertz CT molecular complexity index is 677. The first kappa shape index (κ1) is 14.0. The Morgan fingerprint density at radius 1 is 1.35 bits per heavy atom. The van der Waals surface area contributed by atoms with Gasteiger partial charge in [0.05, 0.1) is 18.3 Å². The van der Waals surface area contributed by atoms with E-state index in [0.717, 1.165) is 5.56 Å². The van der Waals surface area contributed by atoms with E-state index in [2.05, 4.69) is 5.10 Å². The molecule has 0 N–H and O–H groups in total. The van der Waals surface area contributed by atoms with Crippen LogP contribution in [-0.2, 0) is 6.54 Å². The zero-order valence-corrected chi connectivity index (χ0v) is 11.5.